The molecule has 4 heteroatoms. The Morgan fingerprint density at radius 1 is 0.917 bits per heavy atom. The number of fused-ring (bicyclic) bond motifs is 4. The van der Waals surface area contributed by atoms with E-state index in [2.05, 4.69) is 47.4 Å². The van der Waals surface area contributed by atoms with Crippen molar-refractivity contribution in [2.45, 2.75) is 6.42 Å². The van der Waals surface area contributed by atoms with Crippen molar-refractivity contribution >= 4 is 11.8 Å². The smallest absolute Gasteiger partial charge is 0.407 e. The molecule has 1 amide bonds. The largest absolute Gasteiger partial charge is 0.465 e. The molecule has 3 aliphatic rings. The molecule has 0 bridgehead atoms. The predicted molar refractivity (Wildman–Crippen MR) is 93.5 cm³/mol. The van der Waals surface area contributed by atoms with E-state index in [0.717, 1.165) is 19.5 Å². The number of benzene rings is 2. The van der Waals surface area contributed by atoms with Crippen LogP contribution in [0.25, 0.3) is 11.1 Å². The Hall–Kier alpha value is -2.49. The first-order valence-electron chi connectivity index (χ1n) is 8.63. The summed E-state index contributed by atoms with van der Waals surface area (Å²) in [6, 6.07) is 15.5. The van der Waals surface area contributed by atoms with E-state index in [0.29, 0.717) is 24.9 Å². The van der Waals surface area contributed by atoms with Crippen molar-refractivity contribution in [3.63, 3.8) is 0 Å². The van der Waals surface area contributed by atoms with Gasteiger partial charge >= 0.3 is 6.09 Å². The maximum atomic E-state index is 11.1. The molecule has 0 aromatic heterocycles. The standard InChI is InChI=1S/C20H20N2O2/c23-20(24)22-11-15-9-21(10-16(15)12-22)17-5-6-19-14(8-17)7-13-3-1-2-4-18(13)19/h1-6,8,15-16H,7,9-12H2,(H,23,24). The molecule has 1 aliphatic carbocycles. The predicted octanol–water partition coefficient (Wildman–Crippen LogP) is 3.30. The van der Waals surface area contributed by atoms with Gasteiger partial charge in [-0.1, -0.05) is 30.3 Å². The van der Waals surface area contributed by atoms with E-state index in [-0.39, 0.29) is 0 Å². The highest BCUT2D eigenvalue weighted by Crippen LogP contribution is 2.40. The number of nitrogens with zero attached hydrogens (tertiary/aromatic N) is 2. The summed E-state index contributed by atoms with van der Waals surface area (Å²) in [5, 5.41) is 9.16. The maximum absolute atomic E-state index is 11.1. The number of hydrogen-bond donors (Lipinski definition) is 1. The molecule has 4 nitrogen and oxygen atoms in total. The Morgan fingerprint density at radius 3 is 2.38 bits per heavy atom. The molecule has 1 N–H and O–H groups in total. The van der Waals surface area contributed by atoms with Crippen LogP contribution in [-0.2, 0) is 6.42 Å². The zero-order valence-corrected chi connectivity index (χ0v) is 13.5. The second-order valence-corrected chi connectivity index (χ2v) is 7.29. The first kappa shape index (κ1) is 13.9. The van der Waals surface area contributed by atoms with Crippen LogP contribution in [0.4, 0.5) is 10.5 Å². The maximum Gasteiger partial charge on any atom is 0.407 e. The van der Waals surface area contributed by atoms with E-state index < -0.39 is 6.09 Å². The van der Waals surface area contributed by atoms with E-state index >= 15 is 0 Å². The number of amides is 1. The number of carboxylic acid groups (broad SMARTS) is 1. The number of rotatable bonds is 1. The number of hydrogen-bond acceptors (Lipinski definition) is 2. The van der Waals surface area contributed by atoms with Crippen LogP contribution in [0.5, 0.6) is 0 Å². The molecule has 0 saturated carbocycles. The summed E-state index contributed by atoms with van der Waals surface area (Å²) in [6.07, 6.45) is 0.249. The molecule has 24 heavy (non-hydrogen) atoms. The number of anilines is 1. The molecule has 2 saturated heterocycles. The summed E-state index contributed by atoms with van der Waals surface area (Å²) in [5.41, 5.74) is 6.86. The highest BCUT2D eigenvalue weighted by atomic mass is 16.4. The lowest BCUT2D eigenvalue weighted by Crippen LogP contribution is -2.32. The number of carbonyl (C=O) groups is 1. The van der Waals surface area contributed by atoms with Crippen LogP contribution in [0.3, 0.4) is 0 Å². The third-order valence-corrected chi connectivity index (χ3v) is 5.90. The molecular weight excluding hydrogens is 300 g/mol. The Bertz CT molecular complexity index is 818. The molecule has 122 valence electrons. The lowest BCUT2D eigenvalue weighted by molar-refractivity contribution is 0.153. The molecule has 2 aromatic carbocycles. The van der Waals surface area contributed by atoms with Crippen LogP contribution in [0.2, 0.25) is 0 Å². The Labute approximate surface area is 141 Å². The van der Waals surface area contributed by atoms with Gasteiger partial charge in [0.25, 0.3) is 0 Å². The molecule has 2 aromatic rings. The van der Waals surface area contributed by atoms with Crippen LogP contribution in [0.1, 0.15) is 11.1 Å². The molecule has 2 fully saturated rings. The fourth-order valence-electron chi connectivity index (χ4n) is 4.69. The minimum absolute atomic E-state index is 0.478. The van der Waals surface area contributed by atoms with Crippen LogP contribution in [0.15, 0.2) is 42.5 Å². The van der Waals surface area contributed by atoms with Crippen molar-refractivity contribution in [2.75, 3.05) is 31.1 Å². The normalized spacial score (nSPS) is 24.0. The molecule has 0 radical (unpaired) electrons. The van der Waals surface area contributed by atoms with Gasteiger partial charge in [-0.25, -0.2) is 4.79 Å². The highest BCUT2D eigenvalue weighted by Gasteiger charge is 2.41. The zero-order chi connectivity index (χ0) is 16.3. The van der Waals surface area contributed by atoms with Crippen molar-refractivity contribution in [3.8, 4) is 11.1 Å². The highest BCUT2D eigenvalue weighted by molar-refractivity contribution is 5.78. The fraction of sp³-hybridized carbons (Fsp3) is 0.350. The summed E-state index contributed by atoms with van der Waals surface area (Å²) in [6.45, 7) is 3.32. The van der Waals surface area contributed by atoms with Gasteiger partial charge in [-0.05, 0) is 40.8 Å². The summed E-state index contributed by atoms with van der Waals surface area (Å²) >= 11 is 0. The summed E-state index contributed by atoms with van der Waals surface area (Å²) in [5.74, 6) is 0.957. The Balaban J connectivity index is 1.37. The summed E-state index contributed by atoms with van der Waals surface area (Å²) < 4.78 is 0. The van der Waals surface area contributed by atoms with Gasteiger partial charge in [0.2, 0.25) is 0 Å². The molecule has 2 unspecified atom stereocenters. The minimum Gasteiger partial charge on any atom is -0.465 e. The first-order chi connectivity index (χ1) is 11.7. The van der Waals surface area contributed by atoms with Gasteiger partial charge < -0.3 is 14.9 Å². The van der Waals surface area contributed by atoms with E-state index in [1.807, 2.05) is 0 Å². The summed E-state index contributed by atoms with van der Waals surface area (Å²) in [4.78, 5) is 15.2. The minimum atomic E-state index is -0.772. The van der Waals surface area contributed by atoms with Gasteiger partial charge in [-0.2, -0.15) is 0 Å². The van der Waals surface area contributed by atoms with Gasteiger partial charge in [0.15, 0.2) is 0 Å². The monoisotopic (exact) mass is 320 g/mol. The molecule has 2 heterocycles. The average molecular weight is 320 g/mol. The van der Waals surface area contributed by atoms with Gasteiger partial charge in [-0.15, -0.1) is 0 Å². The van der Waals surface area contributed by atoms with Gasteiger partial charge in [-0.3, -0.25) is 0 Å². The third kappa shape index (κ3) is 2.02. The molecule has 2 atom stereocenters. The topological polar surface area (TPSA) is 43.8 Å². The molecular formula is C20H20N2O2. The van der Waals surface area contributed by atoms with Gasteiger partial charge in [0, 0.05) is 43.7 Å². The molecule has 5 rings (SSSR count). The second-order valence-electron chi connectivity index (χ2n) is 7.29. The van der Waals surface area contributed by atoms with Crippen LogP contribution >= 0.6 is 0 Å². The lowest BCUT2D eigenvalue weighted by atomic mass is 10.0. The quantitative estimate of drug-likeness (QED) is 0.748. The molecule has 0 spiro atoms. The van der Waals surface area contributed by atoms with Gasteiger partial charge in [0.1, 0.15) is 0 Å². The van der Waals surface area contributed by atoms with Crippen molar-refractivity contribution < 1.29 is 9.90 Å². The molecule has 2 aliphatic heterocycles. The second kappa shape index (κ2) is 5.00. The SMILES string of the molecule is O=C(O)N1CC2CN(c3ccc4c(c3)Cc3ccccc3-4)CC2C1. The lowest BCUT2D eigenvalue weighted by Gasteiger charge is -2.22. The van der Waals surface area contributed by atoms with Crippen molar-refractivity contribution in [3.05, 3.63) is 53.6 Å². The fourth-order valence-corrected chi connectivity index (χ4v) is 4.69. The van der Waals surface area contributed by atoms with E-state index in [1.54, 1.807) is 4.90 Å². The average Bonchev–Trinajstić information content (AvgIpc) is 3.24. The third-order valence-electron chi connectivity index (χ3n) is 5.90. The van der Waals surface area contributed by atoms with Crippen LogP contribution in [-0.4, -0.2) is 42.3 Å². The van der Waals surface area contributed by atoms with Crippen molar-refractivity contribution in [2.24, 2.45) is 11.8 Å². The van der Waals surface area contributed by atoms with E-state index in [4.69, 9.17) is 5.11 Å². The zero-order valence-electron chi connectivity index (χ0n) is 13.5. The van der Waals surface area contributed by atoms with Crippen molar-refractivity contribution in [1.82, 2.24) is 4.90 Å². The number of likely N-dealkylation sites (tertiary alicyclic amines) is 1. The van der Waals surface area contributed by atoms with Crippen molar-refractivity contribution in [1.29, 1.82) is 0 Å². The summed E-state index contributed by atoms with van der Waals surface area (Å²) in [7, 11) is 0. The Kier molecular flexibility index (Phi) is 2.90. The van der Waals surface area contributed by atoms with E-state index in [1.165, 1.54) is 27.9 Å². The Morgan fingerprint density at radius 2 is 1.62 bits per heavy atom. The van der Waals surface area contributed by atoms with Crippen LogP contribution in [0, 0.1) is 11.8 Å². The van der Waals surface area contributed by atoms with Crippen LogP contribution < -0.4 is 4.90 Å². The first-order valence-corrected chi connectivity index (χ1v) is 8.63. The van der Waals surface area contributed by atoms with Gasteiger partial charge in [0.05, 0.1) is 0 Å². The van der Waals surface area contributed by atoms with E-state index in [9.17, 15) is 4.79 Å².